The topological polar surface area (TPSA) is 96.4 Å². The quantitative estimate of drug-likeness (QED) is 0.429. The van der Waals surface area contributed by atoms with Gasteiger partial charge < -0.3 is 20.3 Å². The van der Waals surface area contributed by atoms with Crippen molar-refractivity contribution >= 4 is 29.0 Å². The van der Waals surface area contributed by atoms with Gasteiger partial charge in [0.15, 0.2) is 5.01 Å². The minimum absolute atomic E-state index is 0.0517. The van der Waals surface area contributed by atoms with E-state index >= 15 is 0 Å². The minimum atomic E-state index is -4.99. The normalized spacial score (nSPS) is 22.2. The molecule has 2 aromatic rings. The molecule has 3 aliphatic rings. The highest BCUT2D eigenvalue weighted by Crippen LogP contribution is 2.44. The molecule has 0 radical (unpaired) electrons. The van der Waals surface area contributed by atoms with Gasteiger partial charge in [-0.05, 0) is 38.2 Å². The molecule has 0 spiro atoms. The summed E-state index contributed by atoms with van der Waals surface area (Å²) < 4.78 is 85.3. The summed E-state index contributed by atoms with van der Waals surface area (Å²) in [5.41, 5.74) is -2.13. The number of carbonyl (C=O) groups is 2. The van der Waals surface area contributed by atoms with Gasteiger partial charge in [0.25, 0.3) is 11.8 Å². The first-order valence-electron chi connectivity index (χ1n) is 13.0. The highest BCUT2D eigenvalue weighted by molar-refractivity contribution is 7.17. The second-order valence-electron chi connectivity index (χ2n) is 9.49. The Balaban J connectivity index is 0.00000181. The molecule has 15 heteroatoms. The second-order valence-corrected chi connectivity index (χ2v) is 10.5. The van der Waals surface area contributed by atoms with Gasteiger partial charge in [-0.2, -0.15) is 26.3 Å². The Morgan fingerprint density at radius 1 is 1.07 bits per heavy atom. The van der Waals surface area contributed by atoms with Crippen LogP contribution in [0, 0.1) is 0 Å². The molecular formula is C25H29F6N5O3S. The zero-order chi connectivity index (χ0) is 29.2. The largest absolute Gasteiger partial charge is 0.417 e. The van der Waals surface area contributed by atoms with Crippen molar-refractivity contribution in [1.29, 1.82) is 0 Å². The number of amides is 2. The molecule has 220 valence electrons. The van der Waals surface area contributed by atoms with Crippen LogP contribution in [0.2, 0.25) is 0 Å². The monoisotopic (exact) mass is 593 g/mol. The van der Waals surface area contributed by atoms with Crippen LogP contribution in [-0.2, 0) is 10.9 Å². The summed E-state index contributed by atoms with van der Waals surface area (Å²) in [5.74, 6) is -1.86. The third-order valence-electron chi connectivity index (χ3n) is 6.90. The summed E-state index contributed by atoms with van der Waals surface area (Å²) in [7, 11) is 0. The van der Waals surface area contributed by atoms with E-state index in [4.69, 9.17) is 4.74 Å². The molecule has 2 bridgehead atoms. The van der Waals surface area contributed by atoms with Crippen LogP contribution in [0.15, 0.2) is 12.3 Å². The number of fused-ring (bicyclic) bond motifs is 2. The number of pyridine rings is 1. The number of nitrogens with zero attached hydrogens (tertiary/aromatic N) is 3. The van der Waals surface area contributed by atoms with Crippen LogP contribution < -0.4 is 10.6 Å². The fourth-order valence-electron chi connectivity index (χ4n) is 5.17. The predicted molar refractivity (Wildman–Crippen MR) is 135 cm³/mol. The molecule has 2 aromatic heterocycles. The van der Waals surface area contributed by atoms with Gasteiger partial charge in [0, 0.05) is 30.5 Å². The molecule has 3 saturated heterocycles. The minimum Gasteiger partial charge on any atom is -0.379 e. The third kappa shape index (κ3) is 6.51. The fraction of sp³-hybridized carbons (Fsp3) is 0.600. The summed E-state index contributed by atoms with van der Waals surface area (Å²) in [4.78, 5) is 35.9. The van der Waals surface area contributed by atoms with Gasteiger partial charge in [-0.1, -0.05) is 13.8 Å². The molecule has 5 rings (SSSR count). The molecule has 1 unspecified atom stereocenters. The smallest absolute Gasteiger partial charge is 0.379 e. The van der Waals surface area contributed by atoms with Crippen LogP contribution in [0.3, 0.4) is 0 Å². The van der Waals surface area contributed by atoms with Crippen molar-refractivity contribution in [3.8, 4) is 10.4 Å². The first-order chi connectivity index (χ1) is 18.9. The zero-order valence-electron chi connectivity index (χ0n) is 21.8. The maximum atomic E-state index is 14.1. The van der Waals surface area contributed by atoms with Crippen molar-refractivity contribution in [2.75, 3.05) is 25.1 Å². The number of halogens is 6. The molecule has 8 nitrogen and oxygen atoms in total. The molecule has 2 amide bonds. The van der Waals surface area contributed by atoms with E-state index in [1.165, 1.54) is 0 Å². The Morgan fingerprint density at radius 3 is 2.27 bits per heavy atom. The number of alkyl halides is 6. The van der Waals surface area contributed by atoms with Gasteiger partial charge in [-0.3, -0.25) is 9.59 Å². The lowest BCUT2D eigenvalue weighted by Gasteiger charge is -2.22. The van der Waals surface area contributed by atoms with Crippen molar-refractivity contribution < 1.29 is 40.7 Å². The summed E-state index contributed by atoms with van der Waals surface area (Å²) >= 11 is 0.616. The SMILES string of the molecule is CC.O=C(NC1CCOC1)c1nc(C(=O)N2C3CCC2CC3)c(-c2cnc(NCC(F)(F)F)cc2C(F)(F)F)s1. The lowest BCUT2D eigenvalue weighted by molar-refractivity contribution is -0.137. The van der Waals surface area contributed by atoms with Crippen molar-refractivity contribution in [2.45, 2.75) is 76.4 Å². The molecule has 3 fully saturated rings. The molecule has 3 aliphatic heterocycles. The molecule has 40 heavy (non-hydrogen) atoms. The number of anilines is 1. The molecule has 0 saturated carbocycles. The van der Waals surface area contributed by atoms with Crippen LogP contribution >= 0.6 is 11.3 Å². The van der Waals surface area contributed by atoms with Crippen LogP contribution in [0.25, 0.3) is 10.4 Å². The van der Waals surface area contributed by atoms with Crippen molar-refractivity contribution in [2.24, 2.45) is 0 Å². The summed E-state index contributed by atoms with van der Waals surface area (Å²) in [6.07, 6.45) is -5.23. The molecule has 1 atom stereocenters. The lowest BCUT2D eigenvalue weighted by atomic mass is 10.0. The fourth-order valence-corrected chi connectivity index (χ4v) is 6.15. The van der Waals surface area contributed by atoms with E-state index in [2.05, 4.69) is 15.3 Å². The van der Waals surface area contributed by atoms with E-state index in [1.807, 2.05) is 19.2 Å². The molecular weight excluding hydrogens is 564 g/mol. The van der Waals surface area contributed by atoms with Crippen molar-refractivity contribution in [3.05, 3.63) is 28.5 Å². The number of aromatic nitrogens is 2. The first kappa shape index (κ1) is 30.0. The molecule has 0 aromatic carbocycles. The third-order valence-corrected chi connectivity index (χ3v) is 7.99. The van der Waals surface area contributed by atoms with Gasteiger partial charge in [-0.15, -0.1) is 11.3 Å². The van der Waals surface area contributed by atoms with Crippen LogP contribution in [0.4, 0.5) is 32.2 Å². The number of hydrogen-bond acceptors (Lipinski definition) is 7. The Bertz CT molecular complexity index is 1210. The van der Waals surface area contributed by atoms with E-state index in [0.29, 0.717) is 30.4 Å². The number of rotatable bonds is 6. The van der Waals surface area contributed by atoms with E-state index in [1.54, 1.807) is 4.90 Å². The average molecular weight is 594 g/mol. The first-order valence-corrected chi connectivity index (χ1v) is 13.8. The van der Waals surface area contributed by atoms with Crippen LogP contribution in [0.1, 0.15) is 71.8 Å². The number of ether oxygens (including phenoxy) is 1. The Hall–Kier alpha value is -2.94. The van der Waals surface area contributed by atoms with Gasteiger partial charge in [0.05, 0.1) is 23.1 Å². The molecule has 0 aliphatic carbocycles. The average Bonchev–Trinajstić information content (AvgIpc) is 3.72. The van der Waals surface area contributed by atoms with Gasteiger partial charge in [0.2, 0.25) is 0 Å². The number of carbonyl (C=O) groups excluding carboxylic acids is 2. The summed E-state index contributed by atoms with van der Waals surface area (Å²) in [5, 5.41) is 4.36. The number of nitrogens with one attached hydrogen (secondary N) is 2. The summed E-state index contributed by atoms with van der Waals surface area (Å²) in [6, 6.07) is 0.0626. The maximum absolute atomic E-state index is 14.1. The Labute approximate surface area is 230 Å². The Morgan fingerprint density at radius 2 is 1.73 bits per heavy atom. The van der Waals surface area contributed by atoms with Gasteiger partial charge in [0.1, 0.15) is 18.1 Å². The Kier molecular flexibility index (Phi) is 8.93. The van der Waals surface area contributed by atoms with Gasteiger partial charge >= 0.3 is 12.4 Å². The van der Waals surface area contributed by atoms with Crippen LogP contribution in [0.5, 0.6) is 0 Å². The lowest BCUT2D eigenvalue weighted by Crippen LogP contribution is -2.36. The highest BCUT2D eigenvalue weighted by Gasteiger charge is 2.45. The van der Waals surface area contributed by atoms with E-state index < -0.39 is 47.7 Å². The highest BCUT2D eigenvalue weighted by atomic mass is 32.1. The molecule has 5 heterocycles. The van der Waals surface area contributed by atoms with Crippen LogP contribution in [-0.4, -0.2) is 70.7 Å². The standard InChI is InChI=1S/C23H23F6N5O3S.C2H6/c24-22(25,26)10-31-16-7-15(23(27,28)29)14(8-30-16)18-17(21(36)34-12-1-2-13(34)4-3-12)33-20(38-18)19(35)32-11-5-6-37-9-11;1-2/h7-8,11-13H,1-6,9-10H2,(H,30,31)(H,32,35);1-2H3. The van der Waals surface area contributed by atoms with E-state index in [9.17, 15) is 35.9 Å². The predicted octanol–water partition coefficient (Wildman–Crippen LogP) is 5.51. The van der Waals surface area contributed by atoms with E-state index in [-0.39, 0.29) is 40.3 Å². The van der Waals surface area contributed by atoms with Crippen molar-refractivity contribution in [1.82, 2.24) is 20.2 Å². The molecule has 2 N–H and O–H groups in total. The zero-order valence-corrected chi connectivity index (χ0v) is 22.6. The second kappa shape index (κ2) is 11.9. The van der Waals surface area contributed by atoms with Crippen molar-refractivity contribution in [3.63, 3.8) is 0 Å². The summed E-state index contributed by atoms with van der Waals surface area (Å²) in [6.45, 7) is 3.15. The number of hydrogen-bond donors (Lipinski definition) is 2. The van der Waals surface area contributed by atoms with Gasteiger partial charge in [-0.25, -0.2) is 9.97 Å². The van der Waals surface area contributed by atoms with E-state index in [0.717, 1.165) is 31.9 Å². The number of thiazole rings is 1. The maximum Gasteiger partial charge on any atom is 0.417 e.